The van der Waals surface area contributed by atoms with E-state index in [0.29, 0.717) is 5.56 Å². The smallest absolute Gasteiger partial charge is 0.331 e. The molecule has 1 aromatic carbocycles. The Balaban J connectivity index is 2.09. The fourth-order valence-corrected chi connectivity index (χ4v) is 2.67. The third kappa shape index (κ3) is 2.18. The molecule has 1 aromatic rings. The zero-order valence-corrected chi connectivity index (χ0v) is 9.20. The number of nitriles is 1. The van der Waals surface area contributed by atoms with E-state index in [2.05, 4.69) is 11.4 Å². The maximum absolute atomic E-state index is 10.8. The van der Waals surface area contributed by atoms with Crippen LogP contribution >= 0.6 is 11.8 Å². The summed E-state index contributed by atoms with van der Waals surface area (Å²) in [5, 5.41) is 20.0. The molecule has 1 saturated heterocycles. The van der Waals surface area contributed by atoms with Crippen LogP contribution in [0, 0.1) is 11.3 Å². The standard InChI is InChI=1S/C11H10N2O2S/c12-5-7-1-3-8(4-2-7)9-6-16-10(13-9)11(14)15/h1-4,9-10,13H,6H2,(H,14,15)/t9-,10-/m0/s1. The van der Waals surface area contributed by atoms with E-state index < -0.39 is 11.3 Å². The number of carbonyl (C=O) groups is 1. The Hall–Kier alpha value is -1.51. The van der Waals surface area contributed by atoms with Crippen LogP contribution in [-0.2, 0) is 4.79 Å². The lowest BCUT2D eigenvalue weighted by Crippen LogP contribution is -2.30. The molecule has 5 heteroatoms. The normalized spacial score (nSPS) is 23.9. The molecular formula is C11H10N2O2S. The lowest BCUT2D eigenvalue weighted by Gasteiger charge is -2.10. The quantitative estimate of drug-likeness (QED) is 0.808. The molecule has 0 bridgehead atoms. The van der Waals surface area contributed by atoms with Crippen molar-refractivity contribution in [3.8, 4) is 6.07 Å². The highest BCUT2D eigenvalue weighted by atomic mass is 32.2. The van der Waals surface area contributed by atoms with Gasteiger partial charge in [0.05, 0.1) is 11.6 Å². The second-order valence-corrected chi connectivity index (χ2v) is 4.64. The highest BCUT2D eigenvalue weighted by Gasteiger charge is 2.30. The fraction of sp³-hybridized carbons (Fsp3) is 0.273. The number of benzene rings is 1. The van der Waals surface area contributed by atoms with Crippen molar-refractivity contribution in [3.63, 3.8) is 0 Å². The van der Waals surface area contributed by atoms with Gasteiger partial charge in [-0.05, 0) is 17.7 Å². The molecule has 2 rings (SSSR count). The summed E-state index contributed by atoms with van der Waals surface area (Å²) in [4.78, 5) is 10.8. The van der Waals surface area contributed by atoms with Gasteiger partial charge in [-0.15, -0.1) is 11.8 Å². The molecule has 2 N–H and O–H groups in total. The zero-order valence-electron chi connectivity index (χ0n) is 8.38. The van der Waals surface area contributed by atoms with E-state index >= 15 is 0 Å². The minimum atomic E-state index is -0.832. The van der Waals surface area contributed by atoms with E-state index in [-0.39, 0.29) is 6.04 Å². The summed E-state index contributed by atoms with van der Waals surface area (Å²) >= 11 is 1.39. The van der Waals surface area contributed by atoms with Crippen LogP contribution in [0.15, 0.2) is 24.3 Å². The van der Waals surface area contributed by atoms with Gasteiger partial charge >= 0.3 is 5.97 Å². The molecule has 16 heavy (non-hydrogen) atoms. The molecule has 0 aliphatic carbocycles. The monoisotopic (exact) mass is 234 g/mol. The SMILES string of the molecule is N#Cc1ccc([C@@H]2CS[C@@H](C(=O)O)N2)cc1. The predicted molar refractivity (Wildman–Crippen MR) is 60.9 cm³/mol. The topological polar surface area (TPSA) is 73.1 Å². The molecule has 0 spiro atoms. The largest absolute Gasteiger partial charge is 0.479 e. The summed E-state index contributed by atoms with van der Waals surface area (Å²) in [5.74, 6) is -0.0933. The van der Waals surface area contributed by atoms with E-state index in [1.807, 2.05) is 12.1 Å². The molecule has 1 aliphatic rings. The molecule has 1 heterocycles. The van der Waals surface area contributed by atoms with Crippen LogP contribution < -0.4 is 5.32 Å². The average Bonchev–Trinajstić information content (AvgIpc) is 2.78. The van der Waals surface area contributed by atoms with Crippen LogP contribution in [0.1, 0.15) is 17.2 Å². The number of aliphatic carboxylic acids is 1. The van der Waals surface area contributed by atoms with Crippen LogP contribution in [0.2, 0.25) is 0 Å². The number of hydrogen-bond donors (Lipinski definition) is 2. The number of nitrogens with one attached hydrogen (secondary N) is 1. The highest BCUT2D eigenvalue weighted by Crippen LogP contribution is 2.29. The van der Waals surface area contributed by atoms with E-state index in [9.17, 15) is 4.79 Å². The summed E-state index contributed by atoms with van der Waals surface area (Å²) in [6.07, 6.45) is 0. The molecule has 0 unspecified atom stereocenters. The predicted octanol–water partition coefficient (Wildman–Crippen LogP) is 1.35. The molecule has 82 valence electrons. The molecule has 4 nitrogen and oxygen atoms in total. The van der Waals surface area contributed by atoms with Crippen LogP contribution in [0.5, 0.6) is 0 Å². The summed E-state index contributed by atoms with van der Waals surface area (Å²) in [6, 6.07) is 9.32. The Morgan fingerprint density at radius 3 is 2.69 bits per heavy atom. The fourth-order valence-electron chi connectivity index (χ4n) is 1.60. The number of thioether (sulfide) groups is 1. The van der Waals surface area contributed by atoms with Crippen LogP contribution in [-0.4, -0.2) is 22.2 Å². The van der Waals surface area contributed by atoms with Crippen molar-refractivity contribution in [2.75, 3.05) is 5.75 Å². The lowest BCUT2D eigenvalue weighted by molar-refractivity contribution is -0.137. The van der Waals surface area contributed by atoms with Crippen LogP contribution in [0.4, 0.5) is 0 Å². The van der Waals surface area contributed by atoms with Crippen molar-refractivity contribution in [2.45, 2.75) is 11.4 Å². The third-order valence-electron chi connectivity index (χ3n) is 2.45. The maximum atomic E-state index is 10.8. The van der Waals surface area contributed by atoms with Gasteiger partial charge in [0.2, 0.25) is 0 Å². The van der Waals surface area contributed by atoms with Gasteiger partial charge in [-0.2, -0.15) is 5.26 Å². The second-order valence-electron chi connectivity index (χ2n) is 3.50. The third-order valence-corrected chi connectivity index (χ3v) is 3.65. The van der Waals surface area contributed by atoms with Gasteiger partial charge in [0.25, 0.3) is 0 Å². The van der Waals surface area contributed by atoms with Crippen molar-refractivity contribution < 1.29 is 9.90 Å². The molecular weight excluding hydrogens is 224 g/mol. The van der Waals surface area contributed by atoms with Crippen LogP contribution in [0.25, 0.3) is 0 Å². The summed E-state index contributed by atoms with van der Waals surface area (Å²) in [7, 11) is 0. The highest BCUT2D eigenvalue weighted by molar-refractivity contribution is 8.00. The van der Waals surface area contributed by atoms with Crippen molar-refractivity contribution in [3.05, 3.63) is 35.4 Å². The molecule has 0 aromatic heterocycles. The molecule has 0 saturated carbocycles. The molecule has 1 aliphatic heterocycles. The van der Waals surface area contributed by atoms with E-state index in [1.165, 1.54) is 11.8 Å². The van der Waals surface area contributed by atoms with Gasteiger partial charge in [-0.25, -0.2) is 4.79 Å². The first kappa shape index (κ1) is 11.0. The minimum absolute atomic E-state index is 0.0545. The van der Waals surface area contributed by atoms with Crippen molar-refractivity contribution in [1.82, 2.24) is 5.32 Å². The van der Waals surface area contributed by atoms with Gasteiger partial charge in [-0.3, -0.25) is 5.32 Å². The van der Waals surface area contributed by atoms with E-state index in [4.69, 9.17) is 10.4 Å². The van der Waals surface area contributed by atoms with Crippen molar-refractivity contribution in [1.29, 1.82) is 5.26 Å². The molecule has 0 amide bonds. The van der Waals surface area contributed by atoms with Crippen LogP contribution in [0.3, 0.4) is 0 Å². The number of hydrogen-bond acceptors (Lipinski definition) is 4. The Morgan fingerprint density at radius 1 is 1.50 bits per heavy atom. The lowest BCUT2D eigenvalue weighted by atomic mass is 10.1. The minimum Gasteiger partial charge on any atom is -0.479 e. The maximum Gasteiger partial charge on any atom is 0.331 e. The van der Waals surface area contributed by atoms with Crippen molar-refractivity contribution in [2.24, 2.45) is 0 Å². The van der Waals surface area contributed by atoms with E-state index in [0.717, 1.165) is 11.3 Å². The van der Waals surface area contributed by atoms with Gasteiger partial charge in [-0.1, -0.05) is 12.1 Å². The summed E-state index contributed by atoms with van der Waals surface area (Å²) in [6.45, 7) is 0. The average molecular weight is 234 g/mol. The van der Waals surface area contributed by atoms with Gasteiger partial charge < -0.3 is 5.11 Å². The molecule has 0 radical (unpaired) electrons. The first-order valence-electron chi connectivity index (χ1n) is 4.81. The Kier molecular flexibility index (Phi) is 3.13. The van der Waals surface area contributed by atoms with Crippen molar-refractivity contribution >= 4 is 17.7 Å². The number of nitrogens with zero attached hydrogens (tertiary/aromatic N) is 1. The second kappa shape index (κ2) is 4.56. The van der Waals surface area contributed by atoms with E-state index in [1.54, 1.807) is 12.1 Å². The zero-order chi connectivity index (χ0) is 11.5. The first-order valence-corrected chi connectivity index (χ1v) is 5.86. The molecule has 2 atom stereocenters. The summed E-state index contributed by atoms with van der Waals surface area (Å²) in [5.41, 5.74) is 1.64. The Bertz CT molecular complexity index is 438. The number of carboxylic acid groups (broad SMARTS) is 1. The van der Waals surface area contributed by atoms with Gasteiger partial charge in [0.1, 0.15) is 0 Å². The number of carboxylic acids is 1. The van der Waals surface area contributed by atoms with Gasteiger partial charge in [0.15, 0.2) is 5.37 Å². The number of rotatable bonds is 2. The Morgan fingerprint density at radius 2 is 2.19 bits per heavy atom. The summed E-state index contributed by atoms with van der Waals surface area (Å²) < 4.78 is 0. The molecule has 1 fully saturated rings. The Labute approximate surface area is 97.3 Å². The van der Waals surface area contributed by atoms with Gasteiger partial charge in [0, 0.05) is 11.8 Å². The first-order chi connectivity index (χ1) is 7.70.